The maximum Gasteiger partial charge on any atom is 0.410 e. The highest BCUT2D eigenvalue weighted by Gasteiger charge is 2.19. The molecule has 5 nitrogen and oxygen atoms in total. The van der Waals surface area contributed by atoms with Crippen molar-refractivity contribution in [1.29, 1.82) is 0 Å². The predicted octanol–water partition coefficient (Wildman–Crippen LogP) is 5.44. The lowest BCUT2D eigenvalue weighted by atomic mass is 10.2. The summed E-state index contributed by atoms with van der Waals surface area (Å²) in [7, 11) is 1.71. The molecule has 0 saturated heterocycles. The summed E-state index contributed by atoms with van der Waals surface area (Å²) in [6.07, 6.45) is 1.69. The smallest absolute Gasteiger partial charge is 0.410 e. The van der Waals surface area contributed by atoms with Crippen LogP contribution in [0.2, 0.25) is 0 Å². The number of carbonyl (C=O) groups is 1. The van der Waals surface area contributed by atoms with Crippen molar-refractivity contribution < 1.29 is 14.3 Å². The minimum absolute atomic E-state index is 0.350. The van der Waals surface area contributed by atoms with E-state index in [-0.39, 0.29) is 6.09 Å². The average molecular weight is 399 g/mol. The van der Waals surface area contributed by atoms with Crippen LogP contribution >= 0.6 is 11.9 Å². The van der Waals surface area contributed by atoms with Crippen molar-refractivity contribution in [3.05, 3.63) is 60.8 Å². The predicted molar refractivity (Wildman–Crippen MR) is 114 cm³/mol. The molecule has 0 aliphatic rings. The molecule has 3 aromatic rings. The van der Waals surface area contributed by atoms with Gasteiger partial charge in [-0.3, -0.25) is 3.97 Å². The number of likely N-dealkylation sites (N-methyl/N-ethyl adjacent to an activating group) is 1. The van der Waals surface area contributed by atoms with E-state index in [1.165, 1.54) is 4.90 Å². The summed E-state index contributed by atoms with van der Waals surface area (Å²) in [6.45, 7) is 6.39. The summed E-state index contributed by atoms with van der Waals surface area (Å²) >= 11 is 1.64. The molecular formula is C22H26N2O3S. The minimum Gasteiger partial charge on any atom is -0.489 e. The van der Waals surface area contributed by atoms with E-state index in [1.54, 1.807) is 19.0 Å². The van der Waals surface area contributed by atoms with Crippen LogP contribution in [-0.2, 0) is 4.74 Å². The number of carbonyl (C=O) groups excluding carboxylic acids is 1. The van der Waals surface area contributed by atoms with Crippen LogP contribution in [0.3, 0.4) is 0 Å². The molecule has 2 aromatic carbocycles. The number of hydrogen-bond donors (Lipinski definition) is 0. The molecule has 28 heavy (non-hydrogen) atoms. The van der Waals surface area contributed by atoms with Gasteiger partial charge in [-0.25, -0.2) is 4.79 Å². The van der Waals surface area contributed by atoms with Crippen LogP contribution in [0.25, 0.3) is 10.9 Å². The lowest BCUT2D eigenvalue weighted by Gasteiger charge is -2.24. The van der Waals surface area contributed by atoms with Gasteiger partial charge in [-0.2, -0.15) is 0 Å². The number of nitrogens with zero attached hydrogens (tertiary/aromatic N) is 2. The van der Waals surface area contributed by atoms with Crippen molar-refractivity contribution in [3.63, 3.8) is 0 Å². The van der Waals surface area contributed by atoms with E-state index in [9.17, 15) is 4.79 Å². The first kappa shape index (κ1) is 20.1. The molecule has 1 amide bonds. The van der Waals surface area contributed by atoms with Gasteiger partial charge in [0.05, 0.1) is 6.54 Å². The van der Waals surface area contributed by atoms with Gasteiger partial charge < -0.3 is 14.4 Å². The molecule has 0 fully saturated rings. The van der Waals surface area contributed by atoms with Crippen molar-refractivity contribution in [2.24, 2.45) is 0 Å². The number of hydrogen-bond acceptors (Lipinski definition) is 4. The van der Waals surface area contributed by atoms with Crippen LogP contribution in [0.4, 0.5) is 4.79 Å². The van der Waals surface area contributed by atoms with Crippen molar-refractivity contribution in [3.8, 4) is 5.75 Å². The van der Waals surface area contributed by atoms with Crippen LogP contribution in [0, 0.1) is 0 Å². The van der Waals surface area contributed by atoms with E-state index in [0.29, 0.717) is 13.2 Å². The Morgan fingerprint density at radius 1 is 1.07 bits per heavy atom. The second kappa shape index (κ2) is 8.61. The fourth-order valence-corrected chi connectivity index (χ4v) is 3.56. The number of ether oxygens (including phenoxy) is 2. The van der Waals surface area contributed by atoms with Gasteiger partial charge in [-0.15, -0.1) is 0 Å². The van der Waals surface area contributed by atoms with Crippen LogP contribution in [0.5, 0.6) is 5.75 Å². The maximum atomic E-state index is 12.1. The average Bonchev–Trinajstić information content (AvgIpc) is 3.05. The summed E-state index contributed by atoms with van der Waals surface area (Å²) < 4.78 is 13.5. The molecule has 1 aromatic heterocycles. The Morgan fingerprint density at radius 3 is 2.54 bits per heavy atom. The Hall–Kier alpha value is -2.60. The van der Waals surface area contributed by atoms with E-state index >= 15 is 0 Å². The molecule has 0 bridgehead atoms. The molecule has 0 radical (unpaired) electrons. The van der Waals surface area contributed by atoms with E-state index in [2.05, 4.69) is 28.2 Å². The SMILES string of the molecule is CN(CCOc1cccc2ccn(Sc3ccccc3)c12)C(=O)OC(C)(C)C. The number of aromatic nitrogens is 1. The first-order valence-electron chi connectivity index (χ1n) is 9.24. The third-order valence-electron chi connectivity index (χ3n) is 3.98. The van der Waals surface area contributed by atoms with Crippen molar-refractivity contribution in [2.45, 2.75) is 31.3 Å². The lowest BCUT2D eigenvalue weighted by Crippen LogP contribution is -2.36. The summed E-state index contributed by atoms with van der Waals surface area (Å²) in [5.41, 5.74) is 0.518. The number of amides is 1. The van der Waals surface area contributed by atoms with E-state index < -0.39 is 5.60 Å². The standard InChI is InChI=1S/C22H26N2O3S/c1-22(2,3)27-21(25)23(4)15-16-26-19-12-8-9-17-13-14-24(20(17)19)28-18-10-6-5-7-11-18/h5-14H,15-16H2,1-4H3. The molecule has 0 aliphatic heterocycles. The van der Waals surface area contributed by atoms with Crippen LogP contribution in [-0.4, -0.2) is 40.8 Å². The third kappa shape index (κ3) is 5.23. The summed E-state index contributed by atoms with van der Waals surface area (Å²) in [6, 6.07) is 18.3. The first-order chi connectivity index (χ1) is 13.3. The summed E-state index contributed by atoms with van der Waals surface area (Å²) in [4.78, 5) is 14.8. The summed E-state index contributed by atoms with van der Waals surface area (Å²) in [5.74, 6) is 0.795. The van der Waals surface area contributed by atoms with Gasteiger partial charge in [-0.05, 0) is 57.0 Å². The normalized spacial score (nSPS) is 11.4. The molecule has 0 aliphatic carbocycles. The Labute approximate surface area is 170 Å². The zero-order valence-electron chi connectivity index (χ0n) is 16.7. The Kier molecular flexibility index (Phi) is 6.19. The maximum absolute atomic E-state index is 12.1. The second-order valence-electron chi connectivity index (χ2n) is 7.49. The lowest BCUT2D eigenvalue weighted by molar-refractivity contribution is 0.0278. The Bertz CT molecular complexity index is 932. The van der Waals surface area contributed by atoms with E-state index in [1.807, 2.05) is 57.3 Å². The van der Waals surface area contributed by atoms with E-state index in [4.69, 9.17) is 9.47 Å². The molecule has 0 unspecified atom stereocenters. The molecule has 0 atom stereocenters. The summed E-state index contributed by atoms with van der Waals surface area (Å²) in [5, 5.41) is 1.11. The molecule has 6 heteroatoms. The molecule has 1 heterocycles. The highest BCUT2D eigenvalue weighted by molar-refractivity contribution is 7.98. The second-order valence-corrected chi connectivity index (χ2v) is 8.54. The van der Waals surface area contributed by atoms with Crippen LogP contribution in [0.1, 0.15) is 20.8 Å². The molecule has 0 N–H and O–H groups in total. The van der Waals surface area contributed by atoms with Gasteiger partial charge in [-0.1, -0.05) is 30.3 Å². The number of rotatable bonds is 6. The quantitative estimate of drug-likeness (QED) is 0.554. The zero-order valence-corrected chi connectivity index (χ0v) is 17.5. The number of benzene rings is 2. The van der Waals surface area contributed by atoms with Gasteiger partial charge in [0.15, 0.2) is 0 Å². The van der Waals surface area contributed by atoms with Crippen molar-refractivity contribution >= 4 is 28.9 Å². The van der Waals surface area contributed by atoms with Gasteiger partial charge >= 0.3 is 6.09 Å². The molecular weight excluding hydrogens is 372 g/mol. The molecule has 0 spiro atoms. The van der Waals surface area contributed by atoms with Crippen molar-refractivity contribution in [2.75, 3.05) is 20.2 Å². The zero-order chi connectivity index (χ0) is 20.1. The fraction of sp³-hybridized carbons (Fsp3) is 0.318. The Morgan fingerprint density at radius 2 is 1.82 bits per heavy atom. The first-order valence-corrected chi connectivity index (χ1v) is 10.0. The number of fused-ring (bicyclic) bond motifs is 1. The molecule has 3 rings (SSSR count). The molecule has 0 saturated carbocycles. The van der Waals surface area contributed by atoms with Crippen molar-refractivity contribution in [1.82, 2.24) is 8.87 Å². The van der Waals surface area contributed by atoms with Gasteiger partial charge in [0.1, 0.15) is 23.5 Å². The number of para-hydroxylation sites is 1. The third-order valence-corrected chi connectivity index (χ3v) is 4.96. The topological polar surface area (TPSA) is 43.7 Å². The largest absolute Gasteiger partial charge is 0.489 e. The molecule has 148 valence electrons. The van der Waals surface area contributed by atoms with Crippen LogP contribution < -0.4 is 4.74 Å². The van der Waals surface area contributed by atoms with Gasteiger partial charge in [0.2, 0.25) is 0 Å². The van der Waals surface area contributed by atoms with Gasteiger partial charge in [0, 0.05) is 23.5 Å². The minimum atomic E-state index is -0.507. The fourth-order valence-electron chi connectivity index (χ4n) is 2.64. The Balaban J connectivity index is 1.68. The highest BCUT2D eigenvalue weighted by atomic mass is 32.2. The van der Waals surface area contributed by atoms with E-state index in [0.717, 1.165) is 21.5 Å². The monoisotopic (exact) mass is 398 g/mol. The van der Waals surface area contributed by atoms with Crippen LogP contribution in [0.15, 0.2) is 65.7 Å². The van der Waals surface area contributed by atoms with Gasteiger partial charge in [0.25, 0.3) is 0 Å². The highest BCUT2D eigenvalue weighted by Crippen LogP contribution is 2.32.